The summed E-state index contributed by atoms with van der Waals surface area (Å²) in [5.74, 6) is 0. The summed E-state index contributed by atoms with van der Waals surface area (Å²) in [7, 11) is 5.10. The van der Waals surface area contributed by atoms with E-state index in [4.69, 9.17) is 7.85 Å². The van der Waals surface area contributed by atoms with Gasteiger partial charge in [0.25, 0.3) is 0 Å². The molecule has 2 radical (unpaired) electrons. The van der Waals surface area contributed by atoms with Crippen molar-refractivity contribution in [2.24, 2.45) is 0 Å². The van der Waals surface area contributed by atoms with Gasteiger partial charge in [-0.05, 0) is 3.82 Å². The molecule has 1 atom stereocenters. The van der Waals surface area contributed by atoms with Gasteiger partial charge in [-0.1, -0.05) is 50.8 Å². The van der Waals surface area contributed by atoms with Crippen molar-refractivity contribution in [1.29, 1.82) is 0 Å². The lowest BCUT2D eigenvalue weighted by Crippen LogP contribution is -1.80. The largest absolute Gasteiger partial charge is 0.0935 e. The van der Waals surface area contributed by atoms with Crippen LogP contribution in [0.2, 0.25) is 0 Å². The summed E-state index contributed by atoms with van der Waals surface area (Å²) in [6.45, 7) is 5.93. The molecule has 0 aliphatic carbocycles. The van der Waals surface area contributed by atoms with E-state index in [0.29, 0.717) is 3.82 Å². The molecule has 44 valence electrons. The first-order valence-corrected chi connectivity index (χ1v) is 3.37. The van der Waals surface area contributed by atoms with Crippen LogP contribution in [0, 0.1) is 0 Å². The Morgan fingerprint density at radius 2 is 1.43 bits per heavy atom. The average Bonchev–Trinajstić information content (AvgIpc) is 1.41. The van der Waals surface area contributed by atoms with E-state index in [9.17, 15) is 0 Å². The zero-order valence-corrected chi connectivity index (χ0v) is 6.69. The van der Waals surface area contributed by atoms with Crippen molar-refractivity contribution in [3.63, 3.8) is 0 Å². The van der Waals surface area contributed by atoms with E-state index < -0.39 is 0 Å². The molecule has 7 heavy (non-hydrogen) atoms. The molecule has 0 aromatic rings. The van der Waals surface area contributed by atoms with Gasteiger partial charge in [0.2, 0.25) is 0 Å². The predicted molar refractivity (Wildman–Crippen MR) is 47.3 cm³/mol. The maximum atomic E-state index is 5.10. The first kappa shape index (κ1) is 15.7. The second-order valence-corrected chi connectivity index (χ2v) is 2.64. The first-order chi connectivity index (χ1) is 2.73. The average molecular weight is 212 g/mol. The van der Waals surface area contributed by atoms with E-state index in [1.54, 1.807) is 0 Å². The molecule has 0 aromatic heterocycles. The van der Waals surface area contributed by atoms with Crippen molar-refractivity contribution in [3.8, 4) is 0 Å². The highest BCUT2D eigenvalue weighted by Gasteiger charge is 1.71. The Hall–Kier alpha value is 0.795. The summed E-state index contributed by atoms with van der Waals surface area (Å²) in [6, 6.07) is 0. The van der Waals surface area contributed by atoms with Crippen LogP contribution in [0.3, 0.4) is 0 Å². The van der Waals surface area contributed by atoms with Crippen molar-refractivity contribution < 1.29 is 0 Å². The molecule has 0 amide bonds. The molecule has 0 spiro atoms. The minimum atomic E-state index is 0. The van der Waals surface area contributed by atoms with Crippen molar-refractivity contribution in [2.75, 3.05) is 0 Å². The molecule has 1 unspecified atom stereocenters. The molecule has 0 fully saturated rings. The van der Waals surface area contributed by atoms with Crippen molar-refractivity contribution in [3.05, 3.63) is 0 Å². The Balaban J connectivity index is -0.0000000480. The van der Waals surface area contributed by atoms with Crippen molar-refractivity contribution in [2.45, 2.75) is 32.0 Å². The Morgan fingerprint density at radius 3 is 1.43 bits per heavy atom. The fraction of sp³-hybridized carbons (Fsp3) is 1.00. The maximum absolute atomic E-state index is 5.10. The van der Waals surface area contributed by atoms with Gasteiger partial charge in [0.15, 0.2) is 0 Å². The smallest absolute Gasteiger partial charge is 0.0838 e. The highest BCUT2D eigenvalue weighted by atomic mass is 127. The van der Waals surface area contributed by atoms with Crippen LogP contribution < -0.4 is 0 Å². The van der Waals surface area contributed by atoms with Gasteiger partial charge in [-0.2, -0.15) is 0 Å². The van der Waals surface area contributed by atoms with Crippen LogP contribution in [-0.4, -0.2) is 11.7 Å². The molecule has 0 heterocycles. The first-order valence-electron chi connectivity index (χ1n) is 2.13. The lowest BCUT2D eigenvalue weighted by molar-refractivity contribution is 1.46. The third-order valence-corrected chi connectivity index (χ3v) is 0. The molecule has 0 aliphatic rings. The molecular weight excluding hydrogens is 198 g/mol. The van der Waals surface area contributed by atoms with Crippen LogP contribution in [0.25, 0.3) is 0 Å². The standard InChI is InChI=1S/C2H4BI.C2H6.CH4/c1-2(3)4;1-2;/h2H,1H3;1-2H3;1H4. The summed E-state index contributed by atoms with van der Waals surface area (Å²) >= 11 is 2.12. The fourth-order valence-corrected chi connectivity index (χ4v) is 0. The number of halogens is 1. The van der Waals surface area contributed by atoms with E-state index in [1.165, 1.54) is 0 Å². The molecule has 0 bridgehead atoms. The Bertz CT molecular complexity index is 12.8. The SMILES string of the molecule is C.CC.[B]C(C)I. The lowest BCUT2D eigenvalue weighted by atomic mass is 10.1. The molecular formula is C5H14BI. The number of rotatable bonds is 0. The van der Waals surface area contributed by atoms with Gasteiger partial charge in [0.1, 0.15) is 0 Å². The van der Waals surface area contributed by atoms with Gasteiger partial charge < -0.3 is 0 Å². The van der Waals surface area contributed by atoms with Crippen LogP contribution in [0.5, 0.6) is 0 Å². The van der Waals surface area contributed by atoms with Crippen LogP contribution in [0.1, 0.15) is 28.2 Å². The number of hydrogen-bond donors (Lipinski definition) is 0. The summed E-state index contributed by atoms with van der Waals surface area (Å²) in [6.07, 6.45) is 0. The fourth-order valence-electron chi connectivity index (χ4n) is 0. The third kappa shape index (κ3) is 247. The predicted octanol–water partition coefficient (Wildman–Crippen LogP) is 2.60. The van der Waals surface area contributed by atoms with E-state index in [2.05, 4.69) is 22.6 Å². The van der Waals surface area contributed by atoms with Crippen LogP contribution in [0.15, 0.2) is 0 Å². The monoisotopic (exact) mass is 212 g/mol. The lowest BCUT2D eigenvalue weighted by Gasteiger charge is -1.76. The van der Waals surface area contributed by atoms with E-state index in [1.807, 2.05) is 20.8 Å². The molecule has 0 aromatic carbocycles. The van der Waals surface area contributed by atoms with Crippen molar-refractivity contribution in [1.82, 2.24) is 0 Å². The van der Waals surface area contributed by atoms with Crippen LogP contribution >= 0.6 is 22.6 Å². The van der Waals surface area contributed by atoms with Gasteiger partial charge in [-0.3, -0.25) is 0 Å². The molecule has 0 aliphatic heterocycles. The van der Waals surface area contributed by atoms with Gasteiger partial charge in [0, 0.05) is 0 Å². The highest BCUT2D eigenvalue weighted by molar-refractivity contribution is 14.1. The van der Waals surface area contributed by atoms with Gasteiger partial charge in [-0.25, -0.2) is 0 Å². The van der Waals surface area contributed by atoms with Gasteiger partial charge in [0.05, 0.1) is 7.85 Å². The third-order valence-electron chi connectivity index (χ3n) is 0. The van der Waals surface area contributed by atoms with Crippen LogP contribution in [0.4, 0.5) is 0 Å². The molecule has 0 N–H and O–H groups in total. The highest BCUT2D eigenvalue weighted by Crippen LogP contribution is 1.86. The zero-order valence-electron chi connectivity index (χ0n) is 4.53. The van der Waals surface area contributed by atoms with Crippen LogP contribution in [-0.2, 0) is 0 Å². The van der Waals surface area contributed by atoms with E-state index in [0.717, 1.165) is 0 Å². The molecule has 0 saturated carbocycles. The Morgan fingerprint density at radius 1 is 1.43 bits per heavy atom. The Labute approximate surface area is 62.6 Å². The molecule has 0 nitrogen and oxygen atoms in total. The number of hydrogen-bond acceptors (Lipinski definition) is 0. The molecule has 0 saturated heterocycles. The summed E-state index contributed by atoms with van der Waals surface area (Å²) in [4.78, 5) is 0. The Kier molecular flexibility index (Phi) is 35.4. The van der Waals surface area contributed by atoms with Gasteiger partial charge in [-0.15, -0.1) is 0 Å². The molecule has 2 heteroatoms. The molecule has 0 rings (SSSR count). The summed E-state index contributed by atoms with van der Waals surface area (Å²) in [5.41, 5.74) is 0. The topological polar surface area (TPSA) is 0 Å². The van der Waals surface area contributed by atoms with Gasteiger partial charge >= 0.3 is 0 Å². The summed E-state index contributed by atoms with van der Waals surface area (Å²) in [5, 5.41) is 0. The van der Waals surface area contributed by atoms with E-state index >= 15 is 0 Å². The summed E-state index contributed by atoms with van der Waals surface area (Å²) < 4.78 is 0.303. The maximum Gasteiger partial charge on any atom is 0.0838 e. The normalized spacial score (nSPS) is 9.71. The quantitative estimate of drug-likeness (QED) is 0.328. The second kappa shape index (κ2) is 15.8. The number of alkyl halides is 1. The van der Waals surface area contributed by atoms with E-state index in [-0.39, 0.29) is 7.43 Å². The second-order valence-electron chi connectivity index (χ2n) is 0.678. The zero-order chi connectivity index (χ0) is 5.58. The minimum absolute atomic E-state index is 0. The van der Waals surface area contributed by atoms with Crippen molar-refractivity contribution >= 4 is 30.4 Å². The minimum Gasteiger partial charge on any atom is -0.0935 e.